The predicted molar refractivity (Wildman–Crippen MR) is 115 cm³/mol. The van der Waals surface area contributed by atoms with Crippen LogP contribution in [0.15, 0.2) is 53.3 Å². The van der Waals surface area contributed by atoms with E-state index in [0.29, 0.717) is 43.2 Å². The van der Waals surface area contributed by atoms with Crippen LogP contribution in [0, 0.1) is 12.7 Å². The van der Waals surface area contributed by atoms with E-state index in [9.17, 15) is 14.0 Å². The molecule has 1 fully saturated rings. The number of hydrogen-bond acceptors (Lipinski definition) is 5. The number of rotatable bonds is 3. The van der Waals surface area contributed by atoms with Gasteiger partial charge in [-0.3, -0.25) is 9.36 Å². The Labute approximate surface area is 177 Å². The minimum Gasteiger partial charge on any atom is -0.368 e. The third kappa shape index (κ3) is 3.41. The molecule has 158 valence electrons. The molecule has 0 unspecified atom stereocenters. The quantitative estimate of drug-likeness (QED) is 0.506. The van der Waals surface area contributed by atoms with Gasteiger partial charge in [-0.05, 0) is 43.3 Å². The Morgan fingerprint density at radius 1 is 1.03 bits per heavy atom. The molecule has 8 nitrogen and oxygen atoms in total. The molecule has 0 N–H and O–H groups in total. The fraction of sp³-hybridized carbons (Fsp3) is 0.273. The third-order valence-corrected chi connectivity index (χ3v) is 5.68. The van der Waals surface area contributed by atoms with Crippen molar-refractivity contribution in [2.75, 3.05) is 31.1 Å². The molecule has 0 atom stereocenters. The Morgan fingerprint density at radius 3 is 2.48 bits per heavy atom. The van der Waals surface area contributed by atoms with Gasteiger partial charge in [-0.15, -0.1) is 5.10 Å². The monoisotopic (exact) mass is 420 g/mol. The van der Waals surface area contributed by atoms with E-state index < -0.39 is 0 Å². The van der Waals surface area contributed by atoms with Gasteiger partial charge in [0, 0.05) is 37.3 Å². The minimum atomic E-state index is -0.382. The molecule has 0 aliphatic carbocycles. The van der Waals surface area contributed by atoms with Crippen molar-refractivity contribution in [1.29, 1.82) is 0 Å². The summed E-state index contributed by atoms with van der Waals surface area (Å²) < 4.78 is 15.9. The predicted octanol–water partition coefficient (Wildman–Crippen LogP) is 1.84. The Balaban J connectivity index is 1.39. The van der Waals surface area contributed by atoms with Crippen molar-refractivity contribution in [3.8, 4) is 0 Å². The van der Waals surface area contributed by atoms with Crippen molar-refractivity contribution in [1.82, 2.24) is 24.1 Å². The molecule has 0 radical (unpaired) electrons. The van der Waals surface area contributed by atoms with E-state index in [1.54, 1.807) is 24.0 Å². The standard InChI is InChI=1S/C22H21FN6O2/c1-15-24-21-18-4-2-3-5-19(18)28(22(31)29(21)25-15)14-20(30)27-12-10-26(11-13-27)17-8-6-16(23)7-9-17/h2-9H,10-14H2,1H3. The second kappa shape index (κ2) is 7.50. The van der Waals surface area contributed by atoms with Crippen LogP contribution in [0.1, 0.15) is 5.82 Å². The first kappa shape index (κ1) is 19.2. The van der Waals surface area contributed by atoms with E-state index in [1.807, 2.05) is 24.3 Å². The molecule has 9 heteroatoms. The molecule has 2 aromatic carbocycles. The first-order valence-corrected chi connectivity index (χ1v) is 10.1. The summed E-state index contributed by atoms with van der Waals surface area (Å²) in [6, 6.07) is 13.8. The number of aryl methyl sites for hydroxylation is 1. The average Bonchev–Trinajstić information content (AvgIpc) is 3.19. The number of nitrogens with zero attached hydrogens (tertiary/aromatic N) is 6. The van der Waals surface area contributed by atoms with Crippen LogP contribution in [0.25, 0.3) is 16.6 Å². The highest BCUT2D eigenvalue weighted by molar-refractivity contribution is 5.92. The highest BCUT2D eigenvalue weighted by atomic mass is 19.1. The molecule has 1 aliphatic heterocycles. The third-order valence-electron chi connectivity index (χ3n) is 5.68. The molecule has 3 heterocycles. The Kier molecular flexibility index (Phi) is 4.65. The number of para-hydroxylation sites is 1. The number of benzene rings is 2. The number of hydrogen-bond donors (Lipinski definition) is 0. The lowest BCUT2D eigenvalue weighted by Crippen LogP contribution is -2.50. The summed E-state index contributed by atoms with van der Waals surface area (Å²) in [6.45, 7) is 4.03. The smallest absolute Gasteiger partial charge is 0.351 e. The number of carbonyl (C=O) groups excluding carboxylic acids is 1. The van der Waals surface area contributed by atoms with Crippen molar-refractivity contribution in [3.05, 3.63) is 70.7 Å². The van der Waals surface area contributed by atoms with Gasteiger partial charge in [-0.25, -0.2) is 14.2 Å². The lowest BCUT2D eigenvalue weighted by atomic mass is 10.2. The van der Waals surface area contributed by atoms with Crippen molar-refractivity contribution < 1.29 is 9.18 Å². The molecule has 0 spiro atoms. The van der Waals surface area contributed by atoms with Gasteiger partial charge in [0.05, 0.1) is 5.52 Å². The van der Waals surface area contributed by atoms with Gasteiger partial charge in [-0.2, -0.15) is 4.52 Å². The molecule has 5 rings (SSSR count). The van der Waals surface area contributed by atoms with Crippen LogP contribution in [0.2, 0.25) is 0 Å². The molecular weight excluding hydrogens is 399 g/mol. The normalized spacial score (nSPS) is 14.5. The zero-order valence-electron chi connectivity index (χ0n) is 17.0. The second-order valence-corrected chi connectivity index (χ2v) is 7.62. The number of anilines is 1. The van der Waals surface area contributed by atoms with E-state index in [2.05, 4.69) is 15.0 Å². The number of amides is 1. The maximum atomic E-state index is 13.2. The second-order valence-electron chi connectivity index (χ2n) is 7.62. The van der Waals surface area contributed by atoms with Crippen LogP contribution in [-0.2, 0) is 11.3 Å². The van der Waals surface area contributed by atoms with Crippen LogP contribution >= 0.6 is 0 Å². The van der Waals surface area contributed by atoms with Gasteiger partial charge in [0.2, 0.25) is 5.91 Å². The fourth-order valence-electron chi connectivity index (χ4n) is 4.09. The molecule has 1 amide bonds. The van der Waals surface area contributed by atoms with Gasteiger partial charge in [0.25, 0.3) is 0 Å². The van der Waals surface area contributed by atoms with Crippen LogP contribution in [0.3, 0.4) is 0 Å². The van der Waals surface area contributed by atoms with E-state index in [-0.39, 0.29) is 24.0 Å². The Hall–Kier alpha value is -3.75. The average molecular weight is 420 g/mol. The van der Waals surface area contributed by atoms with Gasteiger partial charge in [-0.1, -0.05) is 12.1 Å². The van der Waals surface area contributed by atoms with Crippen molar-refractivity contribution >= 4 is 28.1 Å². The summed E-state index contributed by atoms with van der Waals surface area (Å²) in [7, 11) is 0. The maximum Gasteiger partial charge on any atom is 0.351 e. The number of aromatic nitrogens is 4. The highest BCUT2D eigenvalue weighted by Gasteiger charge is 2.23. The summed E-state index contributed by atoms with van der Waals surface area (Å²) >= 11 is 0. The molecular formula is C22H21FN6O2. The SMILES string of the molecule is Cc1nc2c3ccccc3n(CC(=O)N3CCN(c4ccc(F)cc4)CC3)c(=O)n2n1. The highest BCUT2D eigenvalue weighted by Crippen LogP contribution is 2.19. The Morgan fingerprint density at radius 2 is 1.74 bits per heavy atom. The molecule has 4 aromatic rings. The number of piperazine rings is 1. The number of halogens is 1. The van der Waals surface area contributed by atoms with Crippen molar-refractivity contribution in [2.45, 2.75) is 13.5 Å². The van der Waals surface area contributed by atoms with Gasteiger partial charge >= 0.3 is 5.69 Å². The van der Waals surface area contributed by atoms with E-state index in [0.717, 1.165) is 11.1 Å². The van der Waals surface area contributed by atoms with E-state index in [1.165, 1.54) is 21.2 Å². The molecule has 1 aliphatic rings. The summed E-state index contributed by atoms with van der Waals surface area (Å²) in [6.07, 6.45) is 0. The zero-order chi connectivity index (χ0) is 21.5. The van der Waals surface area contributed by atoms with Crippen LogP contribution in [0.4, 0.5) is 10.1 Å². The maximum absolute atomic E-state index is 13.2. The molecule has 2 aromatic heterocycles. The number of carbonyl (C=O) groups is 1. The summed E-state index contributed by atoms with van der Waals surface area (Å²) in [4.78, 5) is 34.3. The van der Waals surface area contributed by atoms with Gasteiger partial charge < -0.3 is 9.80 Å². The van der Waals surface area contributed by atoms with Crippen LogP contribution < -0.4 is 10.6 Å². The fourth-order valence-corrected chi connectivity index (χ4v) is 4.09. The number of fused-ring (bicyclic) bond motifs is 3. The first-order chi connectivity index (χ1) is 15.0. The zero-order valence-corrected chi connectivity index (χ0v) is 17.0. The van der Waals surface area contributed by atoms with Gasteiger partial charge in [0.15, 0.2) is 5.65 Å². The van der Waals surface area contributed by atoms with Crippen LogP contribution in [0.5, 0.6) is 0 Å². The molecule has 0 saturated carbocycles. The summed E-state index contributed by atoms with van der Waals surface area (Å²) in [5.74, 6) is 0.111. The minimum absolute atomic E-state index is 0.0647. The molecule has 0 bridgehead atoms. The lowest BCUT2D eigenvalue weighted by molar-refractivity contribution is -0.132. The largest absolute Gasteiger partial charge is 0.368 e. The molecule has 31 heavy (non-hydrogen) atoms. The topological polar surface area (TPSA) is 75.7 Å². The first-order valence-electron chi connectivity index (χ1n) is 10.1. The summed E-state index contributed by atoms with van der Waals surface area (Å²) in [5.41, 5.74) is 1.70. The Bertz CT molecular complexity index is 1340. The molecule has 1 saturated heterocycles. The van der Waals surface area contributed by atoms with Gasteiger partial charge in [0.1, 0.15) is 18.2 Å². The lowest BCUT2D eigenvalue weighted by Gasteiger charge is -2.36. The van der Waals surface area contributed by atoms with Crippen LogP contribution in [-0.4, -0.2) is 56.2 Å². The van der Waals surface area contributed by atoms with E-state index >= 15 is 0 Å². The summed E-state index contributed by atoms with van der Waals surface area (Å²) in [5, 5.41) is 4.98. The van der Waals surface area contributed by atoms with E-state index in [4.69, 9.17) is 0 Å². The van der Waals surface area contributed by atoms with Crippen molar-refractivity contribution in [2.24, 2.45) is 0 Å². The van der Waals surface area contributed by atoms with Crippen molar-refractivity contribution in [3.63, 3.8) is 0 Å².